The predicted octanol–water partition coefficient (Wildman–Crippen LogP) is 2.38. The highest BCUT2D eigenvalue weighted by Crippen LogP contribution is 2.28. The fourth-order valence-electron chi connectivity index (χ4n) is 2.86. The Morgan fingerprint density at radius 1 is 1.36 bits per heavy atom. The van der Waals surface area contributed by atoms with Gasteiger partial charge in [-0.3, -0.25) is 19.5 Å². The monoisotopic (exact) mass is 403 g/mol. The van der Waals surface area contributed by atoms with Crippen LogP contribution in [0.2, 0.25) is 0 Å². The Balaban J connectivity index is 1.80. The molecule has 9 nitrogen and oxygen atoms in total. The van der Waals surface area contributed by atoms with Gasteiger partial charge < -0.3 is 9.64 Å². The number of ether oxygens (including phenoxy) is 1. The van der Waals surface area contributed by atoms with Crippen molar-refractivity contribution in [1.29, 1.82) is 0 Å². The van der Waals surface area contributed by atoms with Gasteiger partial charge in [-0.05, 0) is 19.1 Å². The van der Waals surface area contributed by atoms with E-state index < -0.39 is 4.92 Å². The molecule has 148 valence electrons. The molecule has 2 aromatic rings. The molecule has 3 rings (SSSR count). The fraction of sp³-hybridized carbons (Fsp3) is 0.389. The van der Waals surface area contributed by atoms with Gasteiger partial charge in [0.05, 0.1) is 23.4 Å². The van der Waals surface area contributed by atoms with Gasteiger partial charge in [0.15, 0.2) is 11.0 Å². The van der Waals surface area contributed by atoms with Crippen molar-refractivity contribution in [3.05, 3.63) is 47.0 Å². The smallest absolute Gasteiger partial charge is 0.269 e. The predicted molar refractivity (Wildman–Crippen MR) is 105 cm³/mol. The van der Waals surface area contributed by atoms with E-state index in [1.54, 1.807) is 23.1 Å². The van der Waals surface area contributed by atoms with E-state index in [4.69, 9.17) is 4.74 Å². The second-order valence-electron chi connectivity index (χ2n) is 6.21. The summed E-state index contributed by atoms with van der Waals surface area (Å²) >= 11 is 1.34. The first-order valence-corrected chi connectivity index (χ1v) is 9.71. The van der Waals surface area contributed by atoms with Crippen molar-refractivity contribution in [2.45, 2.75) is 23.9 Å². The number of carbonyl (C=O) groups is 1. The maximum atomic E-state index is 12.7. The summed E-state index contributed by atoms with van der Waals surface area (Å²) in [5.41, 5.74) is 0.719. The van der Waals surface area contributed by atoms with E-state index in [1.165, 1.54) is 23.9 Å². The molecule has 0 spiro atoms. The van der Waals surface area contributed by atoms with Crippen LogP contribution >= 0.6 is 11.8 Å². The second kappa shape index (κ2) is 8.98. The average Bonchev–Trinajstić information content (AvgIpc) is 3.10. The third kappa shape index (κ3) is 4.39. The standard InChI is InChI=1S/C18H21N5O4S/c1-3-8-22-16(14-4-6-15(7-5-14)23(25)26)19-20-18(22)28-13(2)17(24)21-9-11-27-12-10-21/h3-7,13H,1,8-12H2,2H3/t13-/m1/s1. The van der Waals surface area contributed by atoms with E-state index in [-0.39, 0.29) is 16.8 Å². The molecule has 1 aromatic carbocycles. The molecule has 0 saturated carbocycles. The molecule has 2 heterocycles. The first-order chi connectivity index (χ1) is 13.5. The van der Waals surface area contributed by atoms with Crippen molar-refractivity contribution in [3.8, 4) is 11.4 Å². The minimum atomic E-state index is -0.446. The lowest BCUT2D eigenvalue weighted by molar-refractivity contribution is -0.384. The summed E-state index contributed by atoms with van der Waals surface area (Å²) in [6.45, 7) is 8.38. The third-order valence-electron chi connectivity index (χ3n) is 4.32. The molecule has 1 atom stereocenters. The van der Waals surface area contributed by atoms with E-state index in [9.17, 15) is 14.9 Å². The summed E-state index contributed by atoms with van der Waals surface area (Å²) in [4.78, 5) is 24.9. The van der Waals surface area contributed by atoms with Crippen LogP contribution < -0.4 is 0 Å². The third-order valence-corrected chi connectivity index (χ3v) is 5.39. The van der Waals surface area contributed by atoms with Gasteiger partial charge in [-0.15, -0.1) is 16.8 Å². The summed E-state index contributed by atoms with van der Waals surface area (Å²) in [5, 5.41) is 19.6. The van der Waals surface area contributed by atoms with Crippen LogP contribution in [0.4, 0.5) is 5.69 Å². The summed E-state index contributed by atoms with van der Waals surface area (Å²) in [6.07, 6.45) is 1.72. The van der Waals surface area contributed by atoms with Gasteiger partial charge >= 0.3 is 0 Å². The van der Waals surface area contributed by atoms with E-state index in [1.807, 2.05) is 11.5 Å². The Labute approximate surface area is 166 Å². The number of hydrogen-bond acceptors (Lipinski definition) is 7. The number of benzene rings is 1. The van der Waals surface area contributed by atoms with E-state index >= 15 is 0 Å². The average molecular weight is 403 g/mol. The van der Waals surface area contributed by atoms with Crippen molar-refractivity contribution < 1.29 is 14.5 Å². The van der Waals surface area contributed by atoms with Crippen molar-refractivity contribution in [2.75, 3.05) is 26.3 Å². The number of nitro benzene ring substituents is 1. The Hall–Kier alpha value is -2.72. The molecule has 0 unspecified atom stereocenters. The van der Waals surface area contributed by atoms with Crippen LogP contribution in [0.25, 0.3) is 11.4 Å². The number of thioether (sulfide) groups is 1. The van der Waals surface area contributed by atoms with Crippen LogP contribution in [0.3, 0.4) is 0 Å². The number of morpholine rings is 1. The molecule has 1 saturated heterocycles. The quantitative estimate of drug-likeness (QED) is 0.303. The minimum Gasteiger partial charge on any atom is -0.378 e. The Morgan fingerprint density at radius 3 is 2.64 bits per heavy atom. The topological polar surface area (TPSA) is 103 Å². The lowest BCUT2D eigenvalue weighted by Crippen LogP contribution is -2.44. The molecule has 0 bridgehead atoms. The first kappa shape index (κ1) is 20.0. The molecule has 1 aliphatic heterocycles. The molecule has 10 heteroatoms. The van der Waals surface area contributed by atoms with Gasteiger partial charge in [0, 0.05) is 37.3 Å². The summed E-state index contributed by atoms with van der Waals surface area (Å²) < 4.78 is 7.14. The first-order valence-electron chi connectivity index (χ1n) is 8.83. The normalized spacial score (nSPS) is 15.2. The number of rotatable bonds is 7. The zero-order valence-electron chi connectivity index (χ0n) is 15.5. The van der Waals surface area contributed by atoms with E-state index in [2.05, 4.69) is 16.8 Å². The molecule has 0 radical (unpaired) electrons. The number of allylic oxidation sites excluding steroid dienone is 1. The zero-order valence-corrected chi connectivity index (χ0v) is 16.3. The Bertz CT molecular complexity index is 861. The highest BCUT2D eigenvalue weighted by atomic mass is 32.2. The molecular formula is C18H21N5O4S. The molecular weight excluding hydrogens is 382 g/mol. The number of carbonyl (C=O) groups excluding carboxylic acids is 1. The van der Waals surface area contributed by atoms with Gasteiger partial charge in [0.25, 0.3) is 5.69 Å². The molecule has 0 N–H and O–H groups in total. The van der Waals surface area contributed by atoms with Gasteiger partial charge in [-0.25, -0.2) is 0 Å². The maximum Gasteiger partial charge on any atom is 0.269 e. The molecule has 0 aliphatic carbocycles. The van der Waals surface area contributed by atoms with Gasteiger partial charge in [-0.1, -0.05) is 17.8 Å². The number of amides is 1. The second-order valence-corrected chi connectivity index (χ2v) is 7.52. The minimum absolute atomic E-state index is 0.0119. The van der Waals surface area contributed by atoms with Crippen LogP contribution in [-0.4, -0.2) is 62.0 Å². The van der Waals surface area contributed by atoms with Crippen LogP contribution in [0.15, 0.2) is 42.1 Å². The van der Waals surface area contributed by atoms with Gasteiger partial charge in [0.2, 0.25) is 5.91 Å². The SMILES string of the molecule is C=CCn1c(S[C@H](C)C(=O)N2CCOCC2)nnc1-c1ccc([N+](=O)[O-])cc1. The molecule has 1 aliphatic rings. The number of nitro groups is 1. The van der Waals surface area contributed by atoms with Gasteiger partial charge in [0.1, 0.15) is 0 Å². The van der Waals surface area contributed by atoms with Crippen molar-refractivity contribution in [3.63, 3.8) is 0 Å². The van der Waals surface area contributed by atoms with Crippen LogP contribution in [-0.2, 0) is 16.1 Å². The van der Waals surface area contributed by atoms with Crippen molar-refractivity contribution >= 4 is 23.4 Å². The number of aromatic nitrogens is 3. The fourth-order valence-corrected chi connectivity index (χ4v) is 3.81. The van der Waals surface area contributed by atoms with Crippen LogP contribution in [0, 0.1) is 10.1 Å². The number of non-ortho nitro benzene ring substituents is 1. The van der Waals surface area contributed by atoms with E-state index in [0.29, 0.717) is 49.4 Å². The van der Waals surface area contributed by atoms with Crippen LogP contribution in [0.1, 0.15) is 6.92 Å². The van der Waals surface area contributed by atoms with Gasteiger partial charge in [-0.2, -0.15) is 0 Å². The van der Waals surface area contributed by atoms with E-state index in [0.717, 1.165) is 0 Å². The largest absolute Gasteiger partial charge is 0.378 e. The molecule has 1 aromatic heterocycles. The summed E-state index contributed by atoms with van der Waals surface area (Å²) in [7, 11) is 0. The number of hydrogen-bond donors (Lipinski definition) is 0. The highest BCUT2D eigenvalue weighted by Gasteiger charge is 2.25. The molecule has 1 fully saturated rings. The molecule has 28 heavy (non-hydrogen) atoms. The van der Waals surface area contributed by atoms with Crippen molar-refractivity contribution in [2.24, 2.45) is 0 Å². The Morgan fingerprint density at radius 2 is 2.04 bits per heavy atom. The zero-order chi connectivity index (χ0) is 20.1. The molecule has 1 amide bonds. The highest BCUT2D eigenvalue weighted by molar-refractivity contribution is 8.00. The summed E-state index contributed by atoms with van der Waals surface area (Å²) in [5.74, 6) is 0.613. The van der Waals surface area contributed by atoms with Crippen LogP contribution in [0.5, 0.6) is 0 Å². The lowest BCUT2D eigenvalue weighted by Gasteiger charge is -2.28. The maximum absolute atomic E-state index is 12.7. The number of nitrogens with zero attached hydrogens (tertiary/aromatic N) is 5. The summed E-state index contributed by atoms with van der Waals surface area (Å²) in [6, 6.07) is 6.14. The Kier molecular flexibility index (Phi) is 6.42. The lowest BCUT2D eigenvalue weighted by atomic mass is 10.2. The van der Waals surface area contributed by atoms with Crippen molar-refractivity contribution in [1.82, 2.24) is 19.7 Å².